The van der Waals surface area contributed by atoms with Gasteiger partial charge in [0, 0.05) is 33.4 Å². The molecule has 312 valence electrons. The first-order valence-electron chi connectivity index (χ1n) is 22.8. The number of rotatable bonds is 7. The number of furan rings is 1. The van der Waals surface area contributed by atoms with Crippen molar-refractivity contribution in [3.05, 3.63) is 270 Å². The van der Waals surface area contributed by atoms with E-state index >= 15 is 0 Å². The SMILES string of the molecule is N#Cc1ccc(N(c2ccc(-c3ccc(-c4cc5ccccc5c5c4oc4ccc6ccccc6c45)cc3)cc2)c2ccc3c(c2)C(c2ccccc2)(c2ccccc2)c2ccccc2-3)cc1. The normalized spacial score (nSPS) is 12.6. The van der Waals surface area contributed by atoms with Crippen molar-refractivity contribution in [1.82, 2.24) is 0 Å². The van der Waals surface area contributed by atoms with Crippen molar-refractivity contribution in [1.29, 1.82) is 5.26 Å². The van der Waals surface area contributed by atoms with Crippen LogP contribution in [0.15, 0.2) is 247 Å². The standard InChI is InChI=1S/C64H40N2O/c65-41-42-23-32-50(33-24-42)66(52-36-37-56-55-21-11-12-22-58(55)64(59(56)40-52,48-15-3-1-4-16-48)49-17-5-2-6-18-49)51-34-29-44(30-35-51)43-25-27-46(28-26-43)57-39-47-14-8-10-20-54(47)62-61-53-19-9-7-13-45(53)31-38-60(61)67-63(57)62/h1-40H. The molecule has 1 aliphatic carbocycles. The van der Waals surface area contributed by atoms with Gasteiger partial charge in [-0.25, -0.2) is 0 Å². The van der Waals surface area contributed by atoms with Crippen molar-refractivity contribution in [3.63, 3.8) is 0 Å². The zero-order chi connectivity index (χ0) is 44.5. The maximum atomic E-state index is 9.77. The second-order valence-electron chi connectivity index (χ2n) is 17.5. The molecule has 0 fully saturated rings. The van der Waals surface area contributed by atoms with Gasteiger partial charge >= 0.3 is 0 Å². The van der Waals surface area contributed by atoms with Crippen LogP contribution in [0.5, 0.6) is 0 Å². The lowest BCUT2D eigenvalue weighted by atomic mass is 9.67. The van der Waals surface area contributed by atoms with Gasteiger partial charge in [0.25, 0.3) is 0 Å². The van der Waals surface area contributed by atoms with Gasteiger partial charge in [-0.1, -0.05) is 182 Å². The Balaban J connectivity index is 0.914. The molecule has 1 heterocycles. The van der Waals surface area contributed by atoms with E-state index in [-0.39, 0.29) is 0 Å². The van der Waals surface area contributed by atoms with Crippen molar-refractivity contribution in [2.24, 2.45) is 0 Å². The molecular formula is C64H40N2O. The summed E-state index contributed by atoms with van der Waals surface area (Å²) in [5.41, 5.74) is 16.8. The Kier molecular flexibility index (Phi) is 8.81. The smallest absolute Gasteiger partial charge is 0.143 e. The first kappa shape index (κ1) is 38.5. The molecule has 12 aromatic rings. The zero-order valence-electron chi connectivity index (χ0n) is 36.4. The van der Waals surface area contributed by atoms with E-state index < -0.39 is 5.41 Å². The van der Waals surface area contributed by atoms with Crippen LogP contribution in [-0.2, 0) is 5.41 Å². The summed E-state index contributed by atoms with van der Waals surface area (Å²) in [6.45, 7) is 0. The molecule has 3 nitrogen and oxygen atoms in total. The highest BCUT2D eigenvalue weighted by atomic mass is 16.3. The molecular weight excluding hydrogens is 813 g/mol. The zero-order valence-corrected chi connectivity index (χ0v) is 36.4. The number of benzene rings is 11. The number of nitrogens with zero attached hydrogens (tertiary/aromatic N) is 2. The van der Waals surface area contributed by atoms with Crippen molar-refractivity contribution >= 4 is 60.5 Å². The van der Waals surface area contributed by atoms with Crippen LogP contribution in [-0.4, -0.2) is 0 Å². The number of anilines is 3. The van der Waals surface area contributed by atoms with Crippen molar-refractivity contribution in [2.75, 3.05) is 4.90 Å². The van der Waals surface area contributed by atoms with Crippen LogP contribution in [0, 0.1) is 11.3 Å². The van der Waals surface area contributed by atoms with Crippen LogP contribution >= 0.6 is 0 Å². The van der Waals surface area contributed by atoms with Gasteiger partial charge in [-0.2, -0.15) is 5.26 Å². The highest BCUT2D eigenvalue weighted by Crippen LogP contribution is 2.57. The second kappa shape index (κ2) is 15.3. The molecule has 0 aliphatic heterocycles. The van der Waals surface area contributed by atoms with Gasteiger partial charge < -0.3 is 9.32 Å². The van der Waals surface area contributed by atoms with E-state index in [4.69, 9.17) is 4.42 Å². The average Bonchev–Trinajstić information content (AvgIpc) is 3.95. The lowest BCUT2D eigenvalue weighted by Crippen LogP contribution is -2.28. The minimum atomic E-state index is -0.534. The van der Waals surface area contributed by atoms with E-state index in [1.807, 2.05) is 24.3 Å². The molecule has 0 unspecified atom stereocenters. The maximum Gasteiger partial charge on any atom is 0.143 e. The molecule has 13 rings (SSSR count). The van der Waals surface area contributed by atoms with E-state index in [1.165, 1.54) is 54.9 Å². The Morgan fingerprint density at radius 1 is 0.388 bits per heavy atom. The third-order valence-corrected chi connectivity index (χ3v) is 14.0. The molecule has 0 bridgehead atoms. The molecule has 67 heavy (non-hydrogen) atoms. The van der Waals surface area contributed by atoms with Crippen LogP contribution in [0.4, 0.5) is 17.1 Å². The Bertz CT molecular complexity index is 3860. The number of hydrogen-bond donors (Lipinski definition) is 0. The van der Waals surface area contributed by atoms with Gasteiger partial charge in [-0.05, 0) is 132 Å². The van der Waals surface area contributed by atoms with Gasteiger partial charge in [0.2, 0.25) is 0 Å². The van der Waals surface area contributed by atoms with Crippen molar-refractivity contribution in [2.45, 2.75) is 5.41 Å². The number of fused-ring (bicyclic) bond motifs is 10. The monoisotopic (exact) mass is 852 g/mol. The highest BCUT2D eigenvalue weighted by Gasteiger charge is 2.46. The Labute approximate surface area is 388 Å². The van der Waals surface area contributed by atoms with Crippen LogP contribution in [0.25, 0.3) is 76.9 Å². The van der Waals surface area contributed by atoms with Gasteiger partial charge in [0.15, 0.2) is 0 Å². The summed E-state index contributed by atoms with van der Waals surface area (Å²) in [6.07, 6.45) is 0. The summed E-state index contributed by atoms with van der Waals surface area (Å²) < 4.78 is 6.77. The quantitative estimate of drug-likeness (QED) is 0.160. The van der Waals surface area contributed by atoms with Crippen LogP contribution < -0.4 is 4.90 Å². The molecule has 0 radical (unpaired) electrons. The molecule has 3 heteroatoms. The van der Waals surface area contributed by atoms with Crippen LogP contribution in [0.3, 0.4) is 0 Å². The van der Waals surface area contributed by atoms with E-state index in [2.05, 4.69) is 229 Å². The number of nitriles is 1. The predicted octanol–water partition coefficient (Wildman–Crippen LogP) is 16.9. The molecule has 0 amide bonds. The third-order valence-electron chi connectivity index (χ3n) is 14.0. The second-order valence-corrected chi connectivity index (χ2v) is 17.5. The topological polar surface area (TPSA) is 40.2 Å². The molecule has 0 spiro atoms. The minimum Gasteiger partial charge on any atom is -0.455 e. The highest BCUT2D eigenvalue weighted by molar-refractivity contribution is 6.28. The predicted molar refractivity (Wildman–Crippen MR) is 276 cm³/mol. The Hall–Kier alpha value is -8.97. The molecule has 11 aromatic carbocycles. The molecule has 0 N–H and O–H groups in total. The summed E-state index contributed by atoms with van der Waals surface area (Å²) in [7, 11) is 0. The fourth-order valence-electron chi connectivity index (χ4n) is 11.0. The summed E-state index contributed by atoms with van der Waals surface area (Å²) in [6, 6.07) is 89.2. The van der Waals surface area contributed by atoms with Crippen LogP contribution in [0.2, 0.25) is 0 Å². The minimum absolute atomic E-state index is 0.534. The van der Waals surface area contributed by atoms with Crippen molar-refractivity contribution < 1.29 is 4.42 Å². The Morgan fingerprint density at radius 2 is 0.925 bits per heavy atom. The lowest BCUT2D eigenvalue weighted by molar-refractivity contribution is 0.670. The lowest BCUT2D eigenvalue weighted by Gasteiger charge is -2.35. The molecule has 0 atom stereocenters. The summed E-state index contributed by atoms with van der Waals surface area (Å²) in [5.74, 6) is 0. The van der Waals surface area contributed by atoms with Gasteiger partial charge in [0.1, 0.15) is 11.2 Å². The first-order valence-corrected chi connectivity index (χ1v) is 22.8. The number of hydrogen-bond acceptors (Lipinski definition) is 3. The van der Waals surface area contributed by atoms with Crippen LogP contribution in [0.1, 0.15) is 27.8 Å². The van der Waals surface area contributed by atoms with E-state index in [0.29, 0.717) is 5.56 Å². The third kappa shape index (κ3) is 5.97. The van der Waals surface area contributed by atoms with Gasteiger partial charge in [-0.3, -0.25) is 0 Å². The first-order chi connectivity index (χ1) is 33.2. The average molecular weight is 853 g/mol. The molecule has 0 saturated heterocycles. The summed E-state index contributed by atoms with van der Waals surface area (Å²) in [4.78, 5) is 2.31. The van der Waals surface area contributed by atoms with E-state index in [9.17, 15) is 5.26 Å². The largest absolute Gasteiger partial charge is 0.455 e. The van der Waals surface area contributed by atoms with Gasteiger partial charge in [-0.15, -0.1) is 0 Å². The van der Waals surface area contributed by atoms with E-state index in [0.717, 1.165) is 61.3 Å². The maximum absolute atomic E-state index is 9.77. The summed E-state index contributed by atoms with van der Waals surface area (Å²) >= 11 is 0. The summed E-state index contributed by atoms with van der Waals surface area (Å²) in [5, 5.41) is 16.9. The fourth-order valence-corrected chi connectivity index (χ4v) is 11.0. The Morgan fingerprint density at radius 3 is 1.61 bits per heavy atom. The fraction of sp³-hybridized carbons (Fsp3) is 0.0156. The van der Waals surface area contributed by atoms with E-state index in [1.54, 1.807) is 0 Å². The van der Waals surface area contributed by atoms with Gasteiger partial charge in [0.05, 0.1) is 17.0 Å². The molecule has 1 aromatic heterocycles. The van der Waals surface area contributed by atoms with Crippen molar-refractivity contribution in [3.8, 4) is 39.4 Å². The molecule has 0 saturated carbocycles. The molecule has 1 aliphatic rings.